The molecular weight excluding hydrogens is 519 g/mol. The van der Waals surface area contributed by atoms with Gasteiger partial charge in [-0.15, -0.1) is 24.0 Å². The first-order valence-corrected chi connectivity index (χ1v) is 11.9. The molecule has 0 bridgehead atoms. The fourth-order valence-electron chi connectivity index (χ4n) is 3.07. The Morgan fingerprint density at radius 2 is 1.97 bits per heavy atom. The lowest BCUT2D eigenvalue weighted by atomic mass is 10.2. The van der Waals surface area contributed by atoms with Crippen molar-refractivity contribution in [3.63, 3.8) is 0 Å². The molecule has 1 aromatic heterocycles. The SMILES string of the molecule is CCc1nsc(N2CCN(C(=NC)NCCS(=O)Cc3ccccc3)CC2)n1.I. The number of benzene rings is 1. The van der Waals surface area contributed by atoms with Gasteiger partial charge in [-0.05, 0) is 5.56 Å². The lowest BCUT2D eigenvalue weighted by molar-refractivity contribution is 0.373. The maximum atomic E-state index is 12.3. The van der Waals surface area contributed by atoms with Gasteiger partial charge in [-0.25, -0.2) is 4.98 Å². The lowest BCUT2D eigenvalue weighted by Gasteiger charge is -2.36. The van der Waals surface area contributed by atoms with Crippen LogP contribution in [-0.2, 0) is 23.0 Å². The summed E-state index contributed by atoms with van der Waals surface area (Å²) in [5, 5.41) is 4.37. The number of rotatable bonds is 7. The Hall–Kier alpha value is -1.27. The predicted octanol–water partition coefficient (Wildman–Crippen LogP) is 2.36. The van der Waals surface area contributed by atoms with Crippen molar-refractivity contribution in [3.05, 3.63) is 41.7 Å². The number of halogens is 1. The van der Waals surface area contributed by atoms with Crippen LogP contribution in [0.1, 0.15) is 18.3 Å². The molecule has 0 radical (unpaired) electrons. The molecule has 1 aromatic carbocycles. The number of anilines is 1. The summed E-state index contributed by atoms with van der Waals surface area (Å²) in [6.07, 6.45) is 0.874. The van der Waals surface area contributed by atoms with Gasteiger partial charge in [0.05, 0.1) is 0 Å². The third kappa shape index (κ3) is 7.18. The molecule has 1 saturated heterocycles. The molecule has 3 rings (SSSR count). The van der Waals surface area contributed by atoms with E-state index in [0.29, 0.717) is 18.1 Å². The highest BCUT2D eigenvalue weighted by Gasteiger charge is 2.22. The molecule has 160 valence electrons. The van der Waals surface area contributed by atoms with Gasteiger partial charge in [0.25, 0.3) is 0 Å². The van der Waals surface area contributed by atoms with E-state index in [1.807, 2.05) is 30.3 Å². The van der Waals surface area contributed by atoms with Gasteiger partial charge in [0.15, 0.2) is 5.96 Å². The van der Waals surface area contributed by atoms with Crippen LogP contribution in [0.25, 0.3) is 0 Å². The van der Waals surface area contributed by atoms with Crippen LogP contribution in [0, 0.1) is 0 Å². The van der Waals surface area contributed by atoms with E-state index in [1.54, 1.807) is 7.05 Å². The van der Waals surface area contributed by atoms with E-state index in [-0.39, 0.29) is 24.0 Å². The highest BCUT2D eigenvalue weighted by Crippen LogP contribution is 2.19. The van der Waals surface area contributed by atoms with Crippen LogP contribution < -0.4 is 10.2 Å². The van der Waals surface area contributed by atoms with Crippen LogP contribution in [0.15, 0.2) is 35.3 Å². The Morgan fingerprint density at radius 1 is 1.24 bits per heavy atom. The molecule has 1 fully saturated rings. The van der Waals surface area contributed by atoms with Crippen molar-refractivity contribution < 1.29 is 4.21 Å². The number of nitrogens with one attached hydrogen (secondary N) is 1. The Bertz CT molecular complexity index is 793. The van der Waals surface area contributed by atoms with Gasteiger partial charge >= 0.3 is 0 Å². The van der Waals surface area contributed by atoms with E-state index in [2.05, 4.69) is 36.4 Å². The van der Waals surface area contributed by atoms with E-state index < -0.39 is 10.8 Å². The number of aromatic nitrogens is 2. The van der Waals surface area contributed by atoms with Crippen molar-refractivity contribution >= 4 is 57.4 Å². The topological polar surface area (TPSA) is 73.7 Å². The maximum Gasteiger partial charge on any atom is 0.205 e. The van der Waals surface area contributed by atoms with Crippen LogP contribution in [0.3, 0.4) is 0 Å². The Morgan fingerprint density at radius 3 is 2.59 bits per heavy atom. The van der Waals surface area contributed by atoms with Gasteiger partial charge in [-0.1, -0.05) is 37.3 Å². The molecule has 1 aliphatic rings. The molecule has 0 spiro atoms. The van der Waals surface area contributed by atoms with Crippen LogP contribution in [0.4, 0.5) is 5.13 Å². The molecule has 7 nitrogen and oxygen atoms in total. The van der Waals surface area contributed by atoms with Crippen LogP contribution in [0.5, 0.6) is 0 Å². The number of hydrogen-bond acceptors (Lipinski definition) is 6. The Labute approximate surface area is 196 Å². The number of nitrogens with zero attached hydrogens (tertiary/aromatic N) is 5. The first-order valence-electron chi connectivity index (χ1n) is 9.61. The molecule has 0 aliphatic carbocycles. The maximum absolute atomic E-state index is 12.3. The molecule has 1 N–H and O–H groups in total. The van der Waals surface area contributed by atoms with Gasteiger partial charge < -0.3 is 15.1 Å². The summed E-state index contributed by atoms with van der Waals surface area (Å²) in [7, 11) is 0.918. The zero-order valence-electron chi connectivity index (χ0n) is 16.9. The first-order chi connectivity index (χ1) is 13.7. The van der Waals surface area contributed by atoms with Gasteiger partial charge in [0.2, 0.25) is 5.13 Å². The van der Waals surface area contributed by atoms with Crippen molar-refractivity contribution in [1.82, 2.24) is 19.6 Å². The number of piperazine rings is 1. The molecule has 10 heteroatoms. The minimum atomic E-state index is -0.882. The molecule has 0 saturated carbocycles. The van der Waals surface area contributed by atoms with Crippen molar-refractivity contribution in [1.29, 1.82) is 0 Å². The second-order valence-corrected chi connectivity index (χ2v) is 8.88. The summed E-state index contributed by atoms with van der Waals surface area (Å²) in [6.45, 7) is 6.30. The van der Waals surface area contributed by atoms with Gasteiger partial charge in [0, 0.05) is 80.0 Å². The minimum absolute atomic E-state index is 0. The van der Waals surface area contributed by atoms with Crippen molar-refractivity contribution in [3.8, 4) is 0 Å². The van der Waals surface area contributed by atoms with Gasteiger partial charge in [0.1, 0.15) is 5.82 Å². The van der Waals surface area contributed by atoms with Crippen LogP contribution >= 0.6 is 35.5 Å². The quantitative estimate of drug-likeness (QED) is 0.326. The Balaban J connectivity index is 0.00000300. The molecular formula is C19H29IN6OS2. The third-order valence-electron chi connectivity index (χ3n) is 4.62. The molecule has 2 aromatic rings. The van der Waals surface area contributed by atoms with E-state index in [9.17, 15) is 4.21 Å². The molecule has 0 amide bonds. The highest BCUT2D eigenvalue weighted by molar-refractivity contribution is 14.0. The zero-order valence-corrected chi connectivity index (χ0v) is 20.9. The molecule has 29 heavy (non-hydrogen) atoms. The van der Waals surface area contributed by atoms with E-state index in [1.165, 1.54) is 11.5 Å². The van der Waals surface area contributed by atoms with Crippen molar-refractivity contribution in [2.45, 2.75) is 19.1 Å². The van der Waals surface area contributed by atoms with E-state index in [0.717, 1.165) is 55.1 Å². The fraction of sp³-hybridized carbons (Fsp3) is 0.526. The summed E-state index contributed by atoms with van der Waals surface area (Å²) in [6, 6.07) is 9.98. The minimum Gasteiger partial charge on any atom is -0.355 e. The second-order valence-electron chi connectivity index (χ2n) is 6.57. The smallest absolute Gasteiger partial charge is 0.205 e. The average Bonchev–Trinajstić information content (AvgIpc) is 3.21. The predicted molar refractivity (Wildman–Crippen MR) is 133 cm³/mol. The number of guanidine groups is 1. The number of aryl methyl sites for hydroxylation is 1. The zero-order chi connectivity index (χ0) is 19.8. The first kappa shape index (κ1) is 24.0. The normalized spacial score (nSPS) is 15.7. The van der Waals surface area contributed by atoms with E-state index >= 15 is 0 Å². The second kappa shape index (κ2) is 12.4. The van der Waals surface area contributed by atoms with Crippen molar-refractivity contribution in [2.75, 3.05) is 50.4 Å². The monoisotopic (exact) mass is 548 g/mol. The fourth-order valence-corrected chi connectivity index (χ4v) is 4.91. The molecule has 1 atom stereocenters. The summed E-state index contributed by atoms with van der Waals surface area (Å²) in [5.74, 6) is 3.01. The Kier molecular flexibility index (Phi) is 10.3. The molecule has 2 heterocycles. The summed E-state index contributed by atoms with van der Waals surface area (Å²) < 4.78 is 16.7. The highest BCUT2D eigenvalue weighted by atomic mass is 127. The summed E-state index contributed by atoms with van der Waals surface area (Å²) >= 11 is 1.48. The molecule has 1 unspecified atom stereocenters. The number of hydrogen-bond donors (Lipinski definition) is 1. The standard InChI is InChI=1S/C19H28N6OS2.HI/c1-3-17-22-19(27-23-17)25-12-10-24(11-13-25)18(20-2)21-9-14-28(26)15-16-7-5-4-6-8-16;/h4-8H,3,9-15H2,1-2H3,(H,20,21);1H. The van der Waals surface area contributed by atoms with Crippen molar-refractivity contribution in [2.24, 2.45) is 4.99 Å². The summed E-state index contributed by atoms with van der Waals surface area (Å²) in [4.78, 5) is 13.5. The van der Waals surface area contributed by atoms with E-state index in [4.69, 9.17) is 0 Å². The molecule has 1 aliphatic heterocycles. The summed E-state index contributed by atoms with van der Waals surface area (Å²) in [5.41, 5.74) is 1.12. The number of aliphatic imine (C=N–C) groups is 1. The third-order valence-corrected chi connectivity index (χ3v) is 6.75. The largest absolute Gasteiger partial charge is 0.355 e. The van der Waals surface area contributed by atoms with Crippen LogP contribution in [-0.4, -0.2) is 70.0 Å². The van der Waals surface area contributed by atoms with Crippen LogP contribution in [0.2, 0.25) is 0 Å². The van der Waals surface area contributed by atoms with Gasteiger partial charge in [-0.2, -0.15) is 4.37 Å². The van der Waals surface area contributed by atoms with Gasteiger partial charge in [-0.3, -0.25) is 9.20 Å². The average molecular weight is 549 g/mol. The lowest BCUT2D eigenvalue weighted by Crippen LogP contribution is -2.53.